The molecular weight excluding hydrogens is 909 g/mol. The average molecular weight is 1030 g/mol. The van der Waals surface area contributed by atoms with Gasteiger partial charge in [0.25, 0.3) is 0 Å². The number of rotatable bonds is 59. The minimum absolute atomic E-state index is 0.0648. The molecule has 5 nitrogen and oxygen atoms in total. The maximum atomic E-state index is 12.3. The third-order valence-corrected chi connectivity index (χ3v) is 14.2. The van der Waals surface area contributed by atoms with Gasteiger partial charge in [0.05, 0.1) is 6.61 Å². The molecule has 428 valence electrons. The second-order valence-electron chi connectivity index (χ2n) is 21.5. The molecule has 0 aromatic heterocycles. The highest BCUT2D eigenvalue weighted by Gasteiger charge is 2.16. The predicted molar refractivity (Wildman–Crippen MR) is 325 cm³/mol. The average Bonchev–Trinajstić information content (AvgIpc) is 3.40. The first kappa shape index (κ1) is 71.1. The lowest BCUT2D eigenvalue weighted by molar-refractivity contribution is -0.161. The minimum atomic E-state index is -0.775. The van der Waals surface area contributed by atoms with E-state index in [0.717, 1.165) is 77.0 Å². The van der Waals surface area contributed by atoms with Crippen LogP contribution in [0.5, 0.6) is 0 Å². The zero-order valence-electron chi connectivity index (χ0n) is 49.1. The third kappa shape index (κ3) is 61.6. The Morgan fingerprint density at radius 1 is 0.324 bits per heavy atom. The van der Waals surface area contributed by atoms with Crippen LogP contribution in [0.4, 0.5) is 0 Å². The highest BCUT2D eigenvalue weighted by atomic mass is 16.6. The highest BCUT2D eigenvalue weighted by Crippen LogP contribution is 2.17. The second-order valence-corrected chi connectivity index (χ2v) is 21.5. The molecule has 0 saturated heterocycles. The standard InChI is InChI=1S/C69H122O5/c1-3-5-7-9-11-13-15-17-19-21-23-25-27-29-30-31-32-33-34-35-36-37-38-40-42-44-46-48-50-52-54-56-58-60-62-64-69(72)74-67(65-70)66-73-68(71)63-61-59-57-55-53-51-49-47-45-43-41-39-28-26-24-22-20-18-16-14-12-10-8-6-4-2/h5,7,11,13,17,19,22-25,29-30,32-33,67,70H,3-4,6,8-10,12,14-16,18,20-21,26-28,31,34-66H2,1-2H3/b7-5-,13-11-,19-17-,24-22-,25-23-,30-29-,33-32-. The molecule has 0 aromatic carbocycles. The van der Waals surface area contributed by atoms with Crippen LogP contribution in [-0.4, -0.2) is 36.4 Å². The Labute approximate surface area is 460 Å². The van der Waals surface area contributed by atoms with E-state index in [4.69, 9.17) is 9.47 Å². The van der Waals surface area contributed by atoms with Gasteiger partial charge in [-0.15, -0.1) is 0 Å². The SMILES string of the molecule is CC/C=C\C/C=C\C/C=C\C/C=C\C/C=C\C/C=C\CCCCCCCCCCCCCCCCCCC(=O)OC(CO)COC(=O)CCCCCCCCCCCCCCC/C=C\CCCCCCCCCC. The van der Waals surface area contributed by atoms with Gasteiger partial charge in [-0.3, -0.25) is 9.59 Å². The van der Waals surface area contributed by atoms with Gasteiger partial charge in [0, 0.05) is 12.8 Å². The first-order chi connectivity index (χ1) is 36.6. The summed E-state index contributed by atoms with van der Waals surface area (Å²) in [5, 5.41) is 9.68. The van der Waals surface area contributed by atoms with Crippen molar-refractivity contribution in [1.82, 2.24) is 0 Å². The second kappa shape index (κ2) is 64.4. The molecule has 0 radical (unpaired) electrons. The molecule has 0 spiro atoms. The number of unbranched alkanes of at least 4 members (excludes halogenated alkanes) is 37. The largest absolute Gasteiger partial charge is 0.462 e. The summed E-state index contributed by atoms with van der Waals surface area (Å²) in [6.45, 7) is 4.06. The van der Waals surface area contributed by atoms with E-state index in [1.807, 2.05) is 0 Å². The summed E-state index contributed by atoms with van der Waals surface area (Å²) < 4.78 is 10.7. The van der Waals surface area contributed by atoms with Crippen molar-refractivity contribution in [2.24, 2.45) is 0 Å². The molecule has 1 unspecified atom stereocenters. The van der Waals surface area contributed by atoms with Crippen molar-refractivity contribution in [3.63, 3.8) is 0 Å². The minimum Gasteiger partial charge on any atom is -0.462 e. The van der Waals surface area contributed by atoms with Crippen molar-refractivity contribution in [1.29, 1.82) is 0 Å². The van der Waals surface area contributed by atoms with Crippen LogP contribution in [-0.2, 0) is 19.1 Å². The van der Waals surface area contributed by atoms with E-state index in [2.05, 4.69) is 98.9 Å². The number of aliphatic hydroxyl groups excluding tert-OH is 1. The molecule has 0 heterocycles. The molecule has 0 aromatic rings. The smallest absolute Gasteiger partial charge is 0.306 e. The zero-order chi connectivity index (χ0) is 53.4. The van der Waals surface area contributed by atoms with E-state index >= 15 is 0 Å². The normalized spacial score (nSPS) is 12.7. The Kier molecular flexibility index (Phi) is 61.8. The summed E-state index contributed by atoms with van der Waals surface area (Å²) in [5.74, 6) is -0.578. The zero-order valence-corrected chi connectivity index (χ0v) is 49.1. The monoisotopic (exact) mass is 1030 g/mol. The molecule has 74 heavy (non-hydrogen) atoms. The van der Waals surface area contributed by atoms with Gasteiger partial charge in [-0.05, 0) is 89.9 Å². The van der Waals surface area contributed by atoms with Gasteiger partial charge in [-0.25, -0.2) is 0 Å². The van der Waals surface area contributed by atoms with Crippen LogP contribution in [0, 0.1) is 0 Å². The lowest BCUT2D eigenvalue weighted by Gasteiger charge is -2.15. The van der Waals surface area contributed by atoms with E-state index in [1.54, 1.807) is 0 Å². The van der Waals surface area contributed by atoms with Crippen LogP contribution in [0.2, 0.25) is 0 Å². The molecule has 0 aliphatic rings. The van der Waals surface area contributed by atoms with Gasteiger partial charge < -0.3 is 14.6 Å². The molecule has 0 bridgehead atoms. The van der Waals surface area contributed by atoms with Crippen LogP contribution >= 0.6 is 0 Å². The quantitative estimate of drug-likeness (QED) is 0.0373. The van der Waals surface area contributed by atoms with Gasteiger partial charge >= 0.3 is 11.9 Å². The van der Waals surface area contributed by atoms with Gasteiger partial charge in [-0.1, -0.05) is 304 Å². The summed E-state index contributed by atoms with van der Waals surface area (Å²) in [7, 11) is 0. The molecule has 1 atom stereocenters. The fourth-order valence-electron chi connectivity index (χ4n) is 9.38. The molecule has 0 aliphatic heterocycles. The Balaban J connectivity index is 3.46. The maximum Gasteiger partial charge on any atom is 0.306 e. The number of hydrogen-bond donors (Lipinski definition) is 1. The van der Waals surface area contributed by atoms with Gasteiger partial charge in [0.1, 0.15) is 6.61 Å². The number of allylic oxidation sites excluding steroid dienone is 14. The summed E-state index contributed by atoms with van der Waals surface area (Å²) in [4.78, 5) is 24.6. The Bertz CT molecular complexity index is 1350. The topological polar surface area (TPSA) is 72.8 Å². The molecule has 0 rings (SSSR count). The van der Waals surface area contributed by atoms with Crippen molar-refractivity contribution in [2.45, 2.75) is 328 Å². The lowest BCUT2D eigenvalue weighted by Crippen LogP contribution is -2.28. The van der Waals surface area contributed by atoms with Crippen molar-refractivity contribution < 1.29 is 24.2 Å². The van der Waals surface area contributed by atoms with Gasteiger partial charge in [0.15, 0.2) is 6.10 Å². The van der Waals surface area contributed by atoms with E-state index in [9.17, 15) is 14.7 Å². The molecule has 0 aliphatic carbocycles. The maximum absolute atomic E-state index is 12.3. The van der Waals surface area contributed by atoms with Crippen molar-refractivity contribution in [2.75, 3.05) is 13.2 Å². The van der Waals surface area contributed by atoms with E-state index < -0.39 is 6.10 Å². The highest BCUT2D eigenvalue weighted by molar-refractivity contribution is 5.70. The summed E-state index contributed by atoms with van der Waals surface area (Å²) >= 11 is 0. The van der Waals surface area contributed by atoms with E-state index in [-0.39, 0.29) is 25.2 Å². The Hall–Kier alpha value is -2.92. The molecule has 0 amide bonds. The summed E-state index contributed by atoms with van der Waals surface area (Å²) in [6, 6.07) is 0. The first-order valence-corrected chi connectivity index (χ1v) is 32.1. The van der Waals surface area contributed by atoms with Crippen LogP contribution < -0.4 is 0 Å². The first-order valence-electron chi connectivity index (χ1n) is 32.1. The summed E-state index contributed by atoms with van der Waals surface area (Å²) in [5.41, 5.74) is 0. The fraction of sp³-hybridized carbons (Fsp3) is 0.768. The fourth-order valence-corrected chi connectivity index (χ4v) is 9.38. The Morgan fingerprint density at radius 3 is 0.892 bits per heavy atom. The number of esters is 2. The van der Waals surface area contributed by atoms with Crippen LogP contribution in [0.3, 0.4) is 0 Å². The number of carbonyl (C=O) groups is 2. The van der Waals surface area contributed by atoms with Gasteiger partial charge in [-0.2, -0.15) is 0 Å². The van der Waals surface area contributed by atoms with Crippen molar-refractivity contribution in [3.05, 3.63) is 85.1 Å². The predicted octanol–water partition coefficient (Wildman–Crippen LogP) is 22.1. The molecule has 1 N–H and O–H groups in total. The number of aliphatic hydroxyl groups is 1. The molecular formula is C69H122O5. The van der Waals surface area contributed by atoms with Crippen LogP contribution in [0.15, 0.2) is 85.1 Å². The number of ether oxygens (including phenoxy) is 2. The molecule has 0 saturated carbocycles. The lowest BCUT2D eigenvalue weighted by atomic mass is 10.0. The summed E-state index contributed by atoms with van der Waals surface area (Å²) in [6.07, 6.45) is 90.2. The molecule has 5 heteroatoms. The van der Waals surface area contributed by atoms with Crippen LogP contribution in [0.1, 0.15) is 322 Å². The van der Waals surface area contributed by atoms with Crippen molar-refractivity contribution >= 4 is 11.9 Å². The number of carbonyl (C=O) groups excluding carboxylic acids is 2. The van der Waals surface area contributed by atoms with E-state index in [0.29, 0.717) is 12.8 Å². The van der Waals surface area contributed by atoms with Crippen LogP contribution in [0.25, 0.3) is 0 Å². The van der Waals surface area contributed by atoms with E-state index in [1.165, 1.54) is 218 Å². The number of hydrogen-bond acceptors (Lipinski definition) is 5. The Morgan fingerprint density at radius 2 is 0.581 bits per heavy atom. The van der Waals surface area contributed by atoms with Gasteiger partial charge in [0.2, 0.25) is 0 Å². The molecule has 0 fully saturated rings. The third-order valence-electron chi connectivity index (χ3n) is 14.2. The van der Waals surface area contributed by atoms with Crippen molar-refractivity contribution in [3.8, 4) is 0 Å².